The van der Waals surface area contributed by atoms with Crippen LogP contribution in [0.15, 0.2) is 42.5 Å². The number of methoxy groups -OCH3 is 1. The maximum absolute atomic E-state index is 5.93. The van der Waals surface area contributed by atoms with Crippen LogP contribution in [0.4, 0.5) is 0 Å². The molecule has 1 radical (unpaired) electrons. The Hall–Kier alpha value is -1.93. The van der Waals surface area contributed by atoms with Crippen LogP contribution in [0, 0.1) is 13.0 Å². The summed E-state index contributed by atoms with van der Waals surface area (Å²) >= 11 is 5.93. The predicted octanol–water partition coefficient (Wildman–Crippen LogP) is 4.46. The first kappa shape index (κ1) is 13.1. The van der Waals surface area contributed by atoms with Crippen molar-refractivity contribution in [1.29, 1.82) is 0 Å². The lowest BCUT2D eigenvalue weighted by Crippen LogP contribution is -2.01. The van der Waals surface area contributed by atoms with Crippen molar-refractivity contribution in [3.05, 3.63) is 64.8 Å². The van der Waals surface area contributed by atoms with E-state index in [4.69, 9.17) is 16.3 Å². The molecule has 1 aromatic heterocycles. The van der Waals surface area contributed by atoms with Crippen LogP contribution < -0.4 is 4.74 Å². The highest BCUT2D eigenvalue weighted by molar-refractivity contribution is 6.30. The van der Waals surface area contributed by atoms with Gasteiger partial charge < -0.3 is 9.30 Å². The monoisotopic (exact) mass is 284 g/mol. The number of fused-ring (bicyclic) bond motifs is 1. The smallest absolute Gasteiger partial charge is 0.119 e. The Morgan fingerprint density at radius 2 is 1.90 bits per heavy atom. The number of ether oxygens (including phenoxy) is 1. The second-order valence-corrected chi connectivity index (χ2v) is 5.24. The van der Waals surface area contributed by atoms with E-state index in [0.717, 1.165) is 28.4 Å². The summed E-state index contributed by atoms with van der Waals surface area (Å²) in [6.45, 7) is 2.89. The van der Waals surface area contributed by atoms with Crippen LogP contribution in [0.2, 0.25) is 5.02 Å². The molecule has 20 heavy (non-hydrogen) atoms. The molecule has 0 aliphatic carbocycles. The van der Waals surface area contributed by atoms with E-state index in [1.165, 1.54) is 11.1 Å². The molecule has 2 aromatic carbocycles. The Morgan fingerprint density at radius 1 is 1.15 bits per heavy atom. The van der Waals surface area contributed by atoms with Gasteiger partial charge in [-0.15, -0.1) is 0 Å². The second kappa shape index (κ2) is 5.22. The molecule has 0 atom stereocenters. The standard InChI is InChI=1S/C17H15ClNO/c1-12-9-14-10-16(20-2)7-8-17(14)19(12)11-13-3-5-15(18)6-4-13/h3-8,10H,11H2,1-2H3. The highest BCUT2D eigenvalue weighted by Crippen LogP contribution is 2.25. The molecule has 0 N–H and O–H groups in total. The van der Waals surface area contributed by atoms with Crippen molar-refractivity contribution in [2.24, 2.45) is 0 Å². The average molecular weight is 285 g/mol. The summed E-state index contributed by atoms with van der Waals surface area (Å²) in [4.78, 5) is 0. The molecule has 3 heteroatoms. The van der Waals surface area contributed by atoms with E-state index in [1.54, 1.807) is 7.11 Å². The fourth-order valence-corrected chi connectivity index (χ4v) is 2.52. The SMILES string of the molecule is COc1ccc2c([c]c(C)n2Cc2ccc(Cl)cc2)c1. The van der Waals surface area contributed by atoms with Gasteiger partial charge in [0.1, 0.15) is 5.75 Å². The lowest BCUT2D eigenvalue weighted by atomic mass is 10.2. The second-order valence-electron chi connectivity index (χ2n) is 4.81. The molecule has 3 aromatic rings. The summed E-state index contributed by atoms with van der Waals surface area (Å²) in [6.07, 6.45) is 0. The van der Waals surface area contributed by atoms with Crippen LogP contribution >= 0.6 is 11.6 Å². The first-order valence-electron chi connectivity index (χ1n) is 6.48. The van der Waals surface area contributed by atoms with Gasteiger partial charge in [-0.25, -0.2) is 0 Å². The van der Waals surface area contributed by atoms with Gasteiger partial charge in [0, 0.05) is 34.2 Å². The van der Waals surface area contributed by atoms with E-state index in [2.05, 4.69) is 35.8 Å². The van der Waals surface area contributed by atoms with E-state index < -0.39 is 0 Å². The van der Waals surface area contributed by atoms with Gasteiger partial charge in [0.2, 0.25) is 0 Å². The highest BCUT2D eigenvalue weighted by Gasteiger charge is 2.07. The number of aryl methyl sites for hydroxylation is 1. The Balaban J connectivity index is 2.02. The minimum atomic E-state index is 0.763. The van der Waals surface area contributed by atoms with Crippen molar-refractivity contribution in [3.8, 4) is 5.75 Å². The third-order valence-electron chi connectivity index (χ3n) is 3.47. The number of aromatic nitrogens is 1. The molecule has 0 aliphatic rings. The zero-order valence-corrected chi connectivity index (χ0v) is 12.2. The summed E-state index contributed by atoms with van der Waals surface area (Å²) in [6, 6.07) is 17.4. The minimum absolute atomic E-state index is 0.763. The zero-order chi connectivity index (χ0) is 14.1. The number of hydrogen-bond acceptors (Lipinski definition) is 1. The average Bonchev–Trinajstić information content (AvgIpc) is 2.76. The number of hydrogen-bond donors (Lipinski definition) is 0. The molecule has 0 saturated carbocycles. The largest absolute Gasteiger partial charge is 0.497 e. The van der Waals surface area contributed by atoms with Crippen molar-refractivity contribution < 1.29 is 4.74 Å². The van der Waals surface area contributed by atoms with E-state index >= 15 is 0 Å². The van der Waals surface area contributed by atoms with Crippen molar-refractivity contribution in [2.75, 3.05) is 7.11 Å². The van der Waals surface area contributed by atoms with Crippen LogP contribution in [0.25, 0.3) is 10.9 Å². The number of benzene rings is 2. The highest BCUT2D eigenvalue weighted by atomic mass is 35.5. The van der Waals surface area contributed by atoms with Crippen LogP contribution in [-0.2, 0) is 6.54 Å². The molecule has 3 rings (SSSR count). The van der Waals surface area contributed by atoms with Gasteiger partial charge in [0.05, 0.1) is 7.11 Å². The normalized spacial score (nSPS) is 10.9. The summed E-state index contributed by atoms with van der Waals surface area (Å²) in [7, 11) is 1.68. The minimum Gasteiger partial charge on any atom is -0.497 e. The molecule has 0 unspecified atom stereocenters. The van der Waals surface area contributed by atoms with E-state index in [-0.39, 0.29) is 0 Å². The molecule has 0 aliphatic heterocycles. The maximum Gasteiger partial charge on any atom is 0.119 e. The van der Waals surface area contributed by atoms with Crippen molar-refractivity contribution in [2.45, 2.75) is 13.5 Å². The van der Waals surface area contributed by atoms with E-state index in [9.17, 15) is 0 Å². The summed E-state index contributed by atoms with van der Waals surface area (Å²) in [5.74, 6) is 0.859. The predicted molar refractivity (Wildman–Crippen MR) is 82.6 cm³/mol. The molecule has 2 nitrogen and oxygen atoms in total. The van der Waals surface area contributed by atoms with Crippen LogP contribution in [0.3, 0.4) is 0 Å². The topological polar surface area (TPSA) is 14.2 Å². The van der Waals surface area contributed by atoms with Crippen molar-refractivity contribution in [1.82, 2.24) is 4.57 Å². The Labute approximate surface area is 123 Å². The lowest BCUT2D eigenvalue weighted by Gasteiger charge is -2.09. The Kier molecular flexibility index (Phi) is 3.41. The molecule has 0 bridgehead atoms. The lowest BCUT2D eigenvalue weighted by molar-refractivity contribution is 0.415. The summed E-state index contributed by atoms with van der Waals surface area (Å²) in [5.41, 5.74) is 3.50. The molecule has 0 saturated heterocycles. The fourth-order valence-electron chi connectivity index (χ4n) is 2.40. The zero-order valence-electron chi connectivity index (χ0n) is 11.5. The first-order chi connectivity index (χ1) is 9.67. The third kappa shape index (κ3) is 2.39. The quantitative estimate of drug-likeness (QED) is 0.692. The number of rotatable bonds is 3. The third-order valence-corrected chi connectivity index (χ3v) is 3.72. The molecular weight excluding hydrogens is 270 g/mol. The van der Waals surface area contributed by atoms with Gasteiger partial charge in [-0.3, -0.25) is 0 Å². The first-order valence-corrected chi connectivity index (χ1v) is 6.86. The van der Waals surface area contributed by atoms with E-state index in [0.29, 0.717) is 0 Å². The van der Waals surface area contributed by atoms with Crippen molar-refractivity contribution in [3.63, 3.8) is 0 Å². The number of halogens is 1. The summed E-state index contributed by atoms with van der Waals surface area (Å²) < 4.78 is 7.51. The molecule has 0 amide bonds. The van der Waals surface area contributed by atoms with Crippen molar-refractivity contribution >= 4 is 22.5 Å². The van der Waals surface area contributed by atoms with Gasteiger partial charge in [0.25, 0.3) is 0 Å². The maximum atomic E-state index is 5.93. The molecule has 101 valence electrons. The van der Waals surface area contributed by atoms with Gasteiger partial charge in [0.15, 0.2) is 0 Å². The Morgan fingerprint density at radius 3 is 2.60 bits per heavy atom. The van der Waals surface area contributed by atoms with Crippen LogP contribution in [0.1, 0.15) is 11.3 Å². The molecule has 1 heterocycles. The Bertz CT molecular complexity index is 744. The van der Waals surface area contributed by atoms with Gasteiger partial charge in [-0.2, -0.15) is 0 Å². The van der Waals surface area contributed by atoms with Gasteiger partial charge >= 0.3 is 0 Å². The van der Waals surface area contributed by atoms with Crippen LogP contribution in [-0.4, -0.2) is 11.7 Å². The number of nitrogens with zero attached hydrogens (tertiary/aromatic N) is 1. The van der Waals surface area contributed by atoms with Crippen LogP contribution in [0.5, 0.6) is 5.75 Å². The molecule has 0 spiro atoms. The molecular formula is C17H15ClNO. The fraction of sp³-hybridized carbons (Fsp3) is 0.176. The van der Waals surface area contributed by atoms with Gasteiger partial charge in [-0.05, 0) is 42.8 Å². The molecule has 0 fully saturated rings. The summed E-state index contributed by atoms with van der Waals surface area (Å²) in [5, 5.41) is 1.84. The van der Waals surface area contributed by atoms with E-state index in [1.807, 2.05) is 24.3 Å². The van der Waals surface area contributed by atoms with Gasteiger partial charge in [-0.1, -0.05) is 23.7 Å².